The van der Waals surface area contributed by atoms with Gasteiger partial charge in [-0.15, -0.1) is 0 Å². The van der Waals surface area contributed by atoms with E-state index in [2.05, 4.69) is 5.32 Å². The van der Waals surface area contributed by atoms with Gasteiger partial charge in [-0.25, -0.2) is 0 Å². The Morgan fingerprint density at radius 1 is 1.03 bits per heavy atom. The van der Waals surface area contributed by atoms with E-state index in [1.165, 1.54) is 11.0 Å². The van der Waals surface area contributed by atoms with Gasteiger partial charge in [0.1, 0.15) is 0 Å². The summed E-state index contributed by atoms with van der Waals surface area (Å²) < 4.78 is 0. The molecule has 152 valence electrons. The number of nitrogens with one attached hydrogen (secondary N) is 1. The van der Waals surface area contributed by atoms with Gasteiger partial charge in [0.05, 0.1) is 16.7 Å². The maximum atomic E-state index is 12.6. The van der Waals surface area contributed by atoms with Crippen molar-refractivity contribution in [3.63, 3.8) is 0 Å². The molecule has 0 aliphatic carbocycles. The number of amides is 3. The predicted molar refractivity (Wildman–Crippen MR) is 110 cm³/mol. The zero-order valence-electron chi connectivity index (χ0n) is 17.2. The molecule has 1 aliphatic heterocycles. The molecular weight excluding hydrogens is 368 g/mol. The number of imide groups is 1. The highest BCUT2D eigenvalue weighted by Gasteiger charge is 2.36. The summed E-state index contributed by atoms with van der Waals surface area (Å²) >= 11 is 0. The third kappa shape index (κ3) is 4.38. The van der Waals surface area contributed by atoms with Crippen LogP contribution in [0.15, 0.2) is 42.5 Å². The number of hydrogen-bond acceptors (Lipinski definition) is 4. The normalized spacial score (nSPS) is 13.8. The number of hydrogen-bond donors (Lipinski definition) is 2. The SMILES string of the molecule is CC(C)CN1C(=O)c2ccc(C(=O)NCc3ccc(C(C)(C)O)cc3)cc2C1=O. The lowest BCUT2D eigenvalue weighted by Gasteiger charge is -2.18. The molecule has 3 amide bonds. The standard InChI is InChI=1S/C23H26N2O4/c1-14(2)13-25-21(27)18-10-7-16(11-19(18)22(25)28)20(26)24-12-15-5-8-17(9-6-15)23(3,4)29/h5-11,14,29H,12-13H2,1-4H3,(H,24,26). The molecule has 2 aromatic carbocycles. The maximum absolute atomic E-state index is 12.6. The molecule has 2 N–H and O–H groups in total. The largest absolute Gasteiger partial charge is 0.386 e. The number of benzene rings is 2. The summed E-state index contributed by atoms with van der Waals surface area (Å²) in [6.45, 7) is 7.98. The first-order chi connectivity index (χ1) is 13.6. The molecule has 0 unspecified atom stereocenters. The minimum absolute atomic E-state index is 0.169. The van der Waals surface area contributed by atoms with E-state index in [0.717, 1.165) is 11.1 Å². The van der Waals surface area contributed by atoms with Crippen LogP contribution in [0.1, 0.15) is 69.9 Å². The molecule has 0 spiro atoms. The first-order valence-electron chi connectivity index (χ1n) is 9.68. The number of carbonyl (C=O) groups is 3. The monoisotopic (exact) mass is 394 g/mol. The van der Waals surface area contributed by atoms with Crippen molar-refractivity contribution in [2.24, 2.45) is 5.92 Å². The lowest BCUT2D eigenvalue weighted by molar-refractivity contribution is 0.0635. The Bertz CT molecular complexity index is 956. The van der Waals surface area contributed by atoms with Crippen LogP contribution in [0.2, 0.25) is 0 Å². The summed E-state index contributed by atoms with van der Waals surface area (Å²) in [5.41, 5.74) is 1.72. The average Bonchev–Trinajstić information content (AvgIpc) is 2.90. The van der Waals surface area contributed by atoms with Gasteiger partial charge < -0.3 is 10.4 Å². The number of nitrogens with zero attached hydrogens (tertiary/aromatic N) is 1. The second kappa shape index (κ2) is 7.79. The molecule has 0 fully saturated rings. The number of aliphatic hydroxyl groups is 1. The van der Waals surface area contributed by atoms with Crippen molar-refractivity contribution < 1.29 is 19.5 Å². The van der Waals surface area contributed by atoms with E-state index in [4.69, 9.17) is 0 Å². The molecule has 1 aliphatic rings. The van der Waals surface area contributed by atoms with Gasteiger partial charge in [-0.3, -0.25) is 19.3 Å². The summed E-state index contributed by atoms with van der Waals surface area (Å²) in [6.07, 6.45) is 0. The zero-order chi connectivity index (χ0) is 21.3. The van der Waals surface area contributed by atoms with E-state index in [-0.39, 0.29) is 29.2 Å². The van der Waals surface area contributed by atoms with Gasteiger partial charge in [-0.2, -0.15) is 0 Å². The topological polar surface area (TPSA) is 86.7 Å². The molecule has 0 bridgehead atoms. The highest BCUT2D eigenvalue weighted by atomic mass is 16.3. The van der Waals surface area contributed by atoms with Gasteiger partial charge in [0.2, 0.25) is 0 Å². The minimum atomic E-state index is -0.917. The van der Waals surface area contributed by atoms with E-state index in [1.54, 1.807) is 26.0 Å². The lowest BCUT2D eigenvalue weighted by Crippen LogP contribution is -2.33. The molecule has 2 aromatic rings. The van der Waals surface area contributed by atoms with Crippen molar-refractivity contribution in [2.45, 2.75) is 39.8 Å². The van der Waals surface area contributed by atoms with E-state index in [9.17, 15) is 19.5 Å². The average molecular weight is 394 g/mol. The van der Waals surface area contributed by atoms with Crippen LogP contribution in [0.3, 0.4) is 0 Å². The van der Waals surface area contributed by atoms with Crippen LogP contribution in [0.4, 0.5) is 0 Å². The van der Waals surface area contributed by atoms with Crippen LogP contribution in [-0.2, 0) is 12.1 Å². The van der Waals surface area contributed by atoms with E-state index < -0.39 is 5.60 Å². The Morgan fingerprint density at radius 2 is 1.66 bits per heavy atom. The fourth-order valence-corrected chi connectivity index (χ4v) is 3.28. The Labute approximate surface area is 170 Å². The van der Waals surface area contributed by atoms with Gasteiger partial charge in [0.25, 0.3) is 17.7 Å². The predicted octanol–water partition coefficient (Wildman–Crippen LogP) is 3.10. The molecular formula is C23H26N2O4. The van der Waals surface area contributed by atoms with Crippen LogP contribution in [-0.4, -0.2) is 34.3 Å². The molecule has 0 atom stereocenters. The molecule has 29 heavy (non-hydrogen) atoms. The molecule has 3 rings (SSSR count). The molecule has 1 heterocycles. The quantitative estimate of drug-likeness (QED) is 0.737. The maximum Gasteiger partial charge on any atom is 0.261 e. The molecule has 6 heteroatoms. The smallest absolute Gasteiger partial charge is 0.261 e. The van der Waals surface area contributed by atoms with E-state index >= 15 is 0 Å². The van der Waals surface area contributed by atoms with Gasteiger partial charge in [0.15, 0.2) is 0 Å². The second-order valence-corrected chi connectivity index (χ2v) is 8.31. The summed E-state index contributed by atoms with van der Waals surface area (Å²) in [4.78, 5) is 38.7. The van der Waals surface area contributed by atoms with Crippen LogP contribution in [0.5, 0.6) is 0 Å². The molecule has 6 nitrogen and oxygen atoms in total. The van der Waals surface area contributed by atoms with Crippen molar-refractivity contribution in [3.05, 3.63) is 70.3 Å². The zero-order valence-corrected chi connectivity index (χ0v) is 17.2. The number of fused-ring (bicyclic) bond motifs is 1. The summed E-state index contributed by atoms with van der Waals surface area (Å²) in [7, 11) is 0. The van der Waals surface area contributed by atoms with Crippen molar-refractivity contribution in [1.29, 1.82) is 0 Å². The fraction of sp³-hybridized carbons (Fsp3) is 0.348. The van der Waals surface area contributed by atoms with Gasteiger partial charge in [0, 0.05) is 18.7 Å². The van der Waals surface area contributed by atoms with Crippen molar-refractivity contribution in [1.82, 2.24) is 10.2 Å². The second-order valence-electron chi connectivity index (χ2n) is 8.31. The Hall–Kier alpha value is -2.99. The summed E-state index contributed by atoms with van der Waals surface area (Å²) in [5.74, 6) is -0.808. The Morgan fingerprint density at radius 3 is 2.24 bits per heavy atom. The van der Waals surface area contributed by atoms with Gasteiger partial charge >= 0.3 is 0 Å². The van der Waals surface area contributed by atoms with Crippen LogP contribution in [0.25, 0.3) is 0 Å². The van der Waals surface area contributed by atoms with Crippen LogP contribution < -0.4 is 5.32 Å². The highest BCUT2D eigenvalue weighted by Crippen LogP contribution is 2.25. The first kappa shape index (κ1) is 20.7. The third-order valence-corrected chi connectivity index (χ3v) is 4.89. The summed E-state index contributed by atoms with van der Waals surface area (Å²) in [5, 5.41) is 12.8. The lowest BCUT2D eigenvalue weighted by atomic mass is 9.97. The van der Waals surface area contributed by atoms with Crippen molar-refractivity contribution in [2.75, 3.05) is 6.54 Å². The Kier molecular flexibility index (Phi) is 5.57. The first-order valence-corrected chi connectivity index (χ1v) is 9.68. The van der Waals surface area contributed by atoms with E-state index in [1.807, 2.05) is 38.1 Å². The highest BCUT2D eigenvalue weighted by molar-refractivity contribution is 6.22. The van der Waals surface area contributed by atoms with Crippen molar-refractivity contribution >= 4 is 17.7 Å². The van der Waals surface area contributed by atoms with Crippen LogP contribution in [0, 0.1) is 5.92 Å². The third-order valence-electron chi connectivity index (χ3n) is 4.89. The number of rotatable bonds is 6. The van der Waals surface area contributed by atoms with Gasteiger partial charge in [-0.05, 0) is 49.1 Å². The van der Waals surface area contributed by atoms with Crippen LogP contribution >= 0.6 is 0 Å². The number of carbonyl (C=O) groups excluding carboxylic acids is 3. The summed E-state index contributed by atoms with van der Waals surface area (Å²) in [6, 6.07) is 11.9. The molecule has 0 saturated carbocycles. The minimum Gasteiger partial charge on any atom is -0.386 e. The van der Waals surface area contributed by atoms with Gasteiger partial charge in [-0.1, -0.05) is 38.1 Å². The molecule has 0 saturated heterocycles. The molecule has 0 radical (unpaired) electrons. The van der Waals surface area contributed by atoms with E-state index in [0.29, 0.717) is 24.2 Å². The fourth-order valence-electron chi connectivity index (χ4n) is 3.28. The molecule has 0 aromatic heterocycles. The Balaban J connectivity index is 1.70. The van der Waals surface area contributed by atoms with Crippen molar-refractivity contribution in [3.8, 4) is 0 Å².